The molecule has 0 aliphatic carbocycles. The van der Waals surface area contributed by atoms with E-state index in [-0.39, 0.29) is 5.56 Å². The predicted octanol–water partition coefficient (Wildman–Crippen LogP) is 1.28. The number of hydrogen-bond donors (Lipinski definition) is 1. The van der Waals surface area contributed by atoms with Crippen LogP contribution in [0.3, 0.4) is 0 Å². The maximum Gasteiger partial charge on any atom is 0.279 e. The maximum atomic E-state index is 12.0. The van der Waals surface area contributed by atoms with E-state index >= 15 is 0 Å². The molecule has 0 aromatic carbocycles. The minimum Gasteiger partial charge on any atom is -0.495 e. The number of pyridine rings is 2. The van der Waals surface area contributed by atoms with E-state index < -0.39 is 0 Å². The molecule has 5 heteroatoms. The van der Waals surface area contributed by atoms with Gasteiger partial charge in [-0.1, -0.05) is 0 Å². The minimum atomic E-state index is -0.132. The summed E-state index contributed by atoms with van der Waals surface area (Å²) in [5.74, 6) is 1.22. The molecule has 88 valence electrons. The molecule has 2 rings (SSSR count). The van der Waals surface area contributed by atoms with Crippen molar-refractivity contribution < 1.29 is 4.74 Å². The molecule has 5 nitrogen and oxygen atoms in total. The molecule has 2 heterocycles. The van der Waals surface area contributed by atoms with E-state index in [0.717, 1.165) is 0 Å². The number of methoxy groups -OCH3 is 1. The van der Waals surface area contributed by atoms with Crippen LogP contribution in [-0.4, -0.2) is 23.7 Å². The average Bonchev–Trinajstić information content (AvgIpc) is 2.39. The van der Waals surface area contributed by atoms with Gasteiger partial charge in [-0.2, -0.15) is 0 Å². The largest absolute Gasteiger partial charge is 0.495 e. The molecule has 0 amide bonds. The number of ether oxygens (including phenoxy) is 1. The molecular weight excluding hydrogens is 218 g/mol. The summed E-state index contributed by atoms with van der Waals surface area (Å²) in [4.78, 5) is 16.2. The van der Waals surface area contributed by atoms with Gasteiger partial charge in [0.05, 0.1) is 13.3 Å². The zero-order valence-electron chi connectivity index (χ0n) is 9.68. The van der Waals surface area contributed by atoms with Gasteiger partial charge < -0.3 is 10.1 Å². The SMILES string of the molecule is CNc1cccn(-c2ccc(OC)cn2)c1=O. The van der Waals surface area contributed by atoms with Gasteiger partial charge in [0.2, 0.25) is 0 Å². The van der Waals surface area contributed by atoms with E-state index in [9.17, 15) is 4.79 Å². The van der Waals surface area contributed by atoms with Crippen molar-refractivity contribution in [2.75, 3.05) is 19.5 Å². The molecule has 0 saturated heterocycles. The number of hydrogen-bond acceptors (Lipinski definition) is 4. The van der Waals surface area contributed by atoms with Crippen LogP contribution in [0.2, 0.25) is 0 Å². The van der Waals surface area contributed by atoms with Gasteiger partial charge in [0.1, 0.15) is 17.3 Å². The Hall–Kier alpha value is -2.30. The lowest BCUT2D eigenvalue weighted by Crippen LogP contribution is -2.20. The summed E-state index contributed by atoms with van der Waals surface area (Å²) >= 11 is 0. The first kappa shape index (κ1) is 11.2. The van der Waals surface area contributed by atoms with E-state index in [4.69, 9.17) is 4.74 Å². The number of anilines is 1. The lowest BCUT2D eigenvalue weighted by Gasteiger charge is -2.07. The first-order valence-electron chi connectivity index (χ1n) is 5.16. The molecule has 2 aromatic heterocycles. The van der Waals surface area contributed by atoms with Crippen molar-refractivity contribution in [3.05, 3.63) is 47.0 Å². The molecule has 0 radical (unpaired) electrons. The lowest BCUT2D eigenvalue weighted by molar-refractivity contribution is 0.412. The van der Waals surface area contributed by atoms with Crippen LogP contribution in [0.25, 0.3) is 5.82 Å². The van der Waals surface area contributed by atoms with Gasteiger partial charge in [-0.3, -0.25) is 9.36 Å². The van der Waals surface area contributed by atoms with Gasteiger partial charge in [-0.15, -0.1) is 0 Å². The van der Waals surface area contributed by atoms with Gasteiger partial charge >= 0.3 is 0 Å². The summed E-state index contributed by atoms with van der Waals surface area (Å²) in [7, 11) is 3.28. The van der Waals surface area contributed by atoms with E-state index in [1.54, 1.807) is 50.8 Å². The summed E-state index contributed by atoms with van der Waals surface area (Å²) in [5.41, 5.74) is 0.401. The summed E-state index contributed by atoms with van der Waals surface area (Å²) in [6.07, 6.45) is 3.26. The number of rotatable bonds is 3. The van der Waals surface area contributed by atoms with Crippen LogP contribution in [0.5, 0.6) is 5.75 Å². The standard InChI is InChI=1S/C12H13N3O2/c1-13-10-4-3-7-15(12(10)16)11-6-5-9(17-2)8-14-11/h3-8,13H,1-2H3. The normalized spacial score (nSPS) is 10.0. The Kier molecular flexibility index (Phi) is 3.09. The Morgan fingerprint density at radius 2 is 2.18 bits per heavy atom. The molecule has 0 saturated carbocycles. The van der Waals surface area contributed by atoms with Gasteiger partial charge in [0.15, 0.2) is 0 Å². The van der Waals surface area contributed by atoms with Crippen LogP contribution in [0.1, 0.15) is 0 Å². The molecule has 0 fully saturated rings. The fraction of sp³-hybridized carbons (Fsp3) is 0.167. The van der Waals surface area contributed by atoms with Crippen molar-refractivity contribution in [3.63, 3.8) is 0 Å². The second kappa shape index (κ2) is 4.69. The number of nitrogens with zero attached hydrogens (tertiary/aromatic N) is 2. The van der Waals surface area contributed by atoms with Gasteiger partial charge in [-0.05, 0) is 24.3 Å². The monoisotopic (exact) mass is 231 g/mol. The number of aromatic nitrogens is 2. The van der Waals surface area contributed by atoms with E-state index in [2.05, 4.69) is 10.3 Å². The lowest BCUT2D eigenvalue weighted by atomic mass is 10.3. The Balaban J connectivity index is 2.49. The molecule has 2 aromatic rings. The van der Waals surface area contributed by atoms with Crippen LogP contribution >= 0.6 is 0 Å². The van der Waals surface area contributed by atoms with Crippen LogP contribution in [0.4, 0.5) is 5.69 Å². The van der Waals surface area contributed by atoms with E-state index in [1.807, 2.05) is 0 Å². The molecule has 0 bridgehead atoms. The first-order chi connectivity index (χ1) is 8.26. The van der Waals surface area contributed by atoms with Gasteiger partial charge in [-0.25, -0.2) is 4.98 Å². The summed E-state index contributed by atoms with van der Waals surface area (Å²) < 4.78 is 6.50. The highest BCUT2D eigenvalue weighted by atomic mass is 16.5. The second-order valence-electron chi connectivity index (χ2n) is 3.40. The Labute approximate surface area is 98.7 Å². The highest BCUT2D eigenvalue weighted by Gasteiger charge is 2.04. The van der Waals surface area contributed by atoms with Crippen molar-refractivity contribution in [2.45, 2.75) is 0 Å². The van der Waals surface area contributed by atoms with Crippen molar-refractivity contribution in [2.24, 2.45) is 0 Å². The molecular formula is C12H13N3O2. The highest BCUT2D eigenvalue weighted by Crippen LogP contribution is 2.10. The average molecular weight is 231 g/mol. The Bertz CT molecular complexity index is 561. The van der Waals surface area contributed by atoms with Crippen LogP contribution < -0.4 is 15.6 Å². The highest BCUT2D eigenvalue weighted by molar-refractivity contribution is 5.42. The summed E-state index contributed by atoms with van der Waals surface area (Å²) in [6, 6.07) is 7.02. The quantitative estimate of drug-likeness (QED) is 0.864. The minimum absolute atomic E-state index is 0.132. The fourth-order valence-corrected chi connectivity index (χ4v) is 1.50. The van der Waals surface area contributed by atoms with Crippen molar-refractivity contribution in [3.8, 4) is 11.6 Å². The van der Waals surface area contributed by atoms with Crippen LogP contribution in [0, 0.1) is 0 Å². The van der Waals surface area contributed by atoms with Crippen molar-refractivity contribution >= 4 is 5.69 Å². The molecule has 0 atom stereocenters. The van der Waals surface area contributed by atoms with E-state index in [0.29, 0.717) is 17.3 Å². The summed E-state index contributed by atoms with van der Waals surface area (Å²) in [6.45, 7) is 0. The third-order valence-corrected chi connectivity index (χ3v) is 2.42. The maximum absolute atomic E-state index is 12.0. The fourth-order valence-electron chi connectivity index (χ4n) is 1.50. The molecule has 17 heavy (non-hydrogen) atoms. The van der Waals surface area contributed by atoms with Crippen LogP contribution in [0.15, 0.2) is 41.5 Å². The van der Waals surface area contributed by atoms with Crippen molar-refractivity contribution in [1.29, 1.82) is 0 Å². The number of nitrogens with one attached hydrogen (secondary N) is 1. The van der Waals surface area contributed by atoms with E-state index in [1.165, 1.54) is 4.57 Å². The van der Waals surface area contributed by atoms with Gasteiger partial charge in [0.25, 0.3) is 5.56 Å². The third kappa shape index (κ3) is 2.13. The zero-order chi connectivity index (χ0) is 12.3. The molecule has 0 unspecified atom stereocenters. The zero-order valence-corrected chi connectivity index (χ0v) is 9.68. The molecule has 0 aliphatic heterocycles. The summed E-state index contributed by atoms with van der Waals surface area (Å²) in [5, 5.41) is 2.84. The molecule has 1 N–H and O–H groups in total. The van der Waals surface area contributed by atoms with Crippen molar-refractivity contribution in [1.82, 2.24) is 9.55 Å². The smallest absolute Gasteiger partial charge is 0.279 e. The first-order valence-corrected chi connectivity index (χ1v) is 5.16. The molecule has 0 spiro atoms. The van der Waals surface area contributed by atoms with Gasteiger partial charge in [0, 0.05) is 13.2 Å². The second-order valence-corrected chi connectivity index (χ2v) is 3.40. The third-order valence-electron chi connectivity index (χ3n) is 2.42. The molecule has 0 aliphatic rings. The van der Waals surface area contributed by atoms with Crippen LogP contribution in [-0.2, 0) is 0 Å². The Morgan fingerprint density at radius 3 is 2.76 bits per heavy atom. The predicted molar refractivity (Wildman–Crippen MR) is 65.9 cm³/mol. The Morgan fingerprint density at radius 1 is 1.35 bits per heavy atom. The topological polar surface area (TPSA) is 56.1 Å².